The minimum Gasteiger partial charge on any atom is -0.493 e. The van der Waals surface area contributed by atoms with Gasteiger partial charge in [0.15, 0.2) is 0 Å². The molecule has 0 saturated carbocycles. The number of imidazole rings is 1. The number of hydrogen-bond acceptors (Lipinski definition) is 4. The predicted molar refractivity (Wildman–Crippen MR) is 119 cm³/mol. The first-order valence-electron chi connectivity index (χ1n) is 9.67. The molecule has 154 valence electrons. The Morgan fingerprint density at radius 3 is 2.63 bits per heavy atom. The zero-order valence-electron chi connectivity index (χ0n) is 16.7. The summed E-state index contributed by atoms with van der Waals surface area (Å²) in [5, 5.41) is 0.981. The first-order chi connectivity index (χ1) is 14.5. The van der Waals surface area contributed by atoms with Crippen molar-refractivity contribution in [3.05, 3.63) is 82.1 Å². The highest BCUT2D eigenvalue weighted by atomic mass is 35.5. The number of rotatable bonds is 7. The van der Waals surface area contributed by atoms with E-state index in [-0.39, 0.29) is 0 Å². The van der Waals surface area contributed by atoms with Crippen LogP contribution < -0.4 is 4.74 Å². The van der Waals surface area contributed by atoms with E-state index in [2.05, 4.69) is 4.98 Å². The second kappa shape index (κ2) is 8.94. The van der Waals surface area contributed by atoms with E-state index in [1.54, 1.807) is 18.3 Å². The van der Waals surface area contributed by atoms with Gasteiger partial charge in [-0.25, -0.2) is 4.98 Å². The Bertz CT molecular complexity index is 1170. The lowest BCUT2D eigenvalue weighted by atomic mass is 10.1. The van der Waals surface area contributed by atoms with Gasteiger partial charge in [-0.05, 0) is 44.0 Å². The first-order valence-corrected chi connectivity index (χ1v) is 10.4. The van der Waals surface area contributed by atoms with Crippen molar-refractivity contribution < 1.29 is 9.15 Å². The Hall–Kier alpha value is -2.76. The SMILES string of the molecule is Cc1ccccc1OCCCc1oc(-n2ccnc2C)nc1-c1ccc(Cl)c(Cl)c1. The van der Waals surface area contributed by atoms with Gasteiger partial charge in [0.2, 0.25) is 0 Å². The summed E-state index contributed by atoms with van der Waals surface area (Å²) in [5.41, 5.74) is 2.71. The molecule has 0 saturated heterocycles. The van der Waals surface area contributed by atoms with Gasteiger partial charge in [-0.3, -0.25) is 4.57 Å². The molecule has 0 aliphatic rings. The maximum absolute atomic E-state index is 6.23. The van der Waals surface area contributed by atoms with Crippen LogP contribution in [0.25, 0.3) is 17.3 Å². The average molecular weight is 442 g/mol. The van der Waals surface area contributed by atoms with E-state index in [9.17, 15) is 0 Å². The van der Waals surface area contributed by atoms with Crippen LogP contribution in [-0.4, -0.2) is 21.1 Å². The number of hydrogen-bond donors (Lipinski definition) is 0. The van der Waals surface area contributed by atoms with Crippen molar-refractivity contribution in [2.24, 2.45) is 0 Å². The van der Waals surface area contributed by atoms with E-state index >= 15 is 0 Å². The van der Waals surface area contributed by atoms with E-state index < -0.39 is 0 Å². The standard InChI is InChI=1S/C23H21Cl2N3O2/c1-15-6-3-4-7-20(15)29-13-5-8-21-22(17-9-10-18(24)19(25)14-17)27-23(30-21)28-12-11-26-16(28)2/h3-4,6-7,9-12,14H,5,8,13H2,1-2H3. The van der Waals surface area contributed by atoms with E-state index in [4.69, 9.17) is 37.3 Å². The van der Waals surface area contributed by atoms with Crippen LogP contribution in [0.4, 0.5) is 0 Å². The van der Waals surface area contributed by atoms with Crippen molar-refractivity contribution in [2.45, 2.75) is 26.7 Å². The quantitative estimate of drug-likeness (QED) is 0.308. The molecule has 0 spiro atoms. The summed E-state index contributed by atoms with van der Waals surface area (Å²) in [4.78, 5) is 8.97. The molecule has 0 bridgehead atoms. The summed E-state index contributed by atoms with van der Waals surface area (Å²) in [6.07, 6.45) is 4.99. The molecule has 0 radical (unpaired) electrons. The fraction of sp³-hybridized carbons (Fsp3) is 0.217. The molecule has 0 aliphatic carbocycles. The molecular weight excluding hydrogens is 421 g/mol. The van der Waals surface area contributed by atoms with Crippen molar-refractivity contribution >= 4 is 23.2 Å². The van der Waals surface area contributed by atoms with Crippen molar-refractivity contribution in [1.29, 1.82) is 0 Å². The smallest absolute Gasteiger partial charge is 0.307 e. The minimum atomic E-state index is 0.473. The third-order valence-corrected chi connectivity index (χ3v) is 5.55. The van der Waals surface area contributed by atoms with Gasteiger partial charge in [0.25, 0.3) is 0 Å². The Balaban J connectivity index is 1.57. The third-order valence-electron chi connectivity index (χ3n) is 4.81. The monoisotopic (exact) mass is 441 g/mol. The highest BCUT2D eigenvalue weighted by Gasteiger charge is 2.18. The molecule has 0 amide bonds. The van der Waals surface area contributed by atoms with Crippen LogP contribution in [0, 0.1) is 13.8 Å². The van der Waals surface area contributed by atoms with Crippen LogP contribution in [0.2, 0.25) is 10.0 Å². The molecule has 5 nitrogen and oxygen atoms in total. The number of para-hydroxylation sites is 1. The maximum Gasteiger partial charge on any atom is 0.307 e. The van der Waals surface area contributed by atoms with Crippen LogP contribution in [0.5, 0.6) is 5.75 Å². The van der Waals surface area contributed by atoms with E-state index in [1.165, 1.54) is 0 Å². The fourth-order valence-electron chi connectivity index (χ4n) is 3.19. The zero-order chi connectivity index (χ0) is 21.1. The third kappa shape index (κ3) is 4.37. The Morgan fingerprint density at radius 2 is 1.90 bits per heavy atom. The van der Waals surface area contributed by atoms with Gasteiger partial charge >= 0.3 is 6.01 Å². The maximum atomic E-state index is 6.23. The average Bonchev–Trinajstić information content (AvgIpc) is 3.34. The van der Waals surface area contributed by atoms with Gasteiger partial charge in [0, 0.05) is 24.4 Å². The molecule has 2 aromatic carbocycles. The highest BCUT2D eigenvalue weighted by molar-refractivity contribution is 6.42. The Labute approximate surface area is 185 Å². The number of aromatic nitrogens is 3. The van der Waals surface area contributed by atoms with Crippen molar-refractivity contribution in [3.63, 3.8) is 0 Å². The largest absolute Gasteiger partial charge is 0.493 e. The zero-order valence-corrected chi connectivity index (χ0v) is 18.2. The Kier molecular flexibility index (Phi) is 6.11. The summed E-state index contributed by atoms with van der Waals surface area (Å²) in [6, 6.07) is 13.9. The number of halogens is 2. The van der Waals surface area contributed by atoms with E-state index in [1.807, 2.05) is 54.9 Å². The van der Waals surface area contributed by atoms with Crippen LogP contribution in [0.3, 0.4) is 0 Å². The van der Waals surface area contributed by atoms with Crippen LogP contribution >= 0.6 is 23.2 Å². The summed E-state index contributed by atoms with van der Waals surface area (Å²) < 4.78 is 13.9. The van der Waals surface area contributed by atoms with Gasteiger partial charge in [0.1, 0.15) is 23.0 Å². The molecule has 0 N–H and O–H groups in total. The van der Waals surface area contributed by atoms with Crippen molar-refractivity contribution in [1.82, 2.24) is 14.5 Å². The van der Waals surface area contributed by atoms with Crippen molar-refractivity contribution in [3.8, 4) is 23.0 Å². The van der Waals surface area contributed by atoms with Gasteiger partial charge in [-0.2, -0.15) is 4.98 Å². The molecule has 0 atom stereocenters. The molecule has 2 heterocycles. The predicted octanol–water partition coefficient (Wildman–Crippen LogP) is 6.46. The Morgan fingerprint density at radius 1 is 1.07 bits per heavy atom. The van der Waals surface area contributed by atoms with Gasteiger partial charge < -0.3 is 9.15 Å². The molecule has 7 heteroatoms. The van der Waals surface area contributed by atoms with E-state index in [0.717, 1.165) is 40.6 Å². The number of nitrogens with zero attached hydrogens (tertiary/aromatic N) is 3. The van der Waals surface area contributed by atoms with Gasteiger partial charge in [0.05, 0.1) is 16.7 Å². The number of oxazole rings is 1. The number of ether oxygens (including phenoxy) is 1. The van der Waals surface area contributed by atoms with Crippen LogP contribution in [0.15, 0.2) is 59.3 Å². The lowest BCUT2D eigenvalue weighted by molar-refractivity contribution is 0.304. The topological polar surface area (TPSA) is 53.1 Å². The lowest BCUT2D eigenvalue weighted by Gasteiger charge is -2.08. The summed E-state index contributed by atoms with van der Waals surface area (Å²) in [7, 11) is 0. The van der Waals surface area contributed by atoms with Gasteiger partial charge in [-0.15, -0.1) is 0 Å². The summed E-state index contributed by atoms with van der Waals surface area (Å²) in [5.74, 6) is 2.46. The highest BCUT2D eigenvalue weighted by Crippen LogP contribution is 2.32. The molecule has 30 heavy (non-hydrogen) atoms. The molecular formula is C23H21Cl2N3O2. The fourth-order valence-corrected chi connectivity index (χ4v) is 3.49. The molecule has 0 fully saturated rings. The second-order valence-corrected chi connectivity index (χ2v) is 7.77. The molecule has 0 unspecified atom stereocenters. The number of aryl methyl sites for hydroxylation is 3. The second-order valence-electron chi connectivity index (χ2n) is 6.96. The van der Waals surface area contributed by atoms with Crippen molar-refractivity contribution in [2.75, 3.05) is 6.61 Å². The summed E-state index contributed by atoms with van der Waals surface area (Å²) in [6.45, 7) is 4.51. The molecule has 4 aromatic rings. The van der Waals surface area contributed by atoms with Crippen LogP contribution in [-0.2, 0) is 6.42 Å². The summed E-state index contributed by atoms with van der Waals surface area (Å²) >= 11 is 12.3. The molecule has 0 aliphatic heterocycles. The van der Waals surface area contributed by atoms with E-state index in [0.29, 0.717) is 29.1 Å². The first kappa shape index (κ1) is 20.5. The van der Waals surface area contributed by atoms with Crippen LogP contribution in [0.1, 0.15) is 23.6 Å². The molecule has 2 aromatic heterocycles. The van der Waals surface area contributed by atoms with Gasteiger partial charge in [-0.1, -0.05) is 47.5 Å². The number of benzene rings is 2. The normalized spacial score (nSPS) is 11.1. The lowest BCUT2D eigenvalue weighted by Crippen LogP contribution is -2.00. The molecule has 4 rings (SSSR count). The minimum absolute atomic E-state index is 0.473.